The van der Waals surface area contributed by atoms with Gasteiger partial charge in [0, 0.05) is 12.5 Å². The molecule has 1 heterocycles. The van der Waals surface area contributed by atoms with Gasteiger partial charge in [-0.1, -0.05) is 6.92 Å². The summed E-state index contributed by atoms with van der Waals surface area (Å²) in [6.07, 6.45) is 2.99. The van der Waals surface area contributed by atoms with E-state index in [9.17, 15) is 9.59 Å². The van der Waals surface area contributed by atoms with Crippen LogP contribution in [-0.4, -0.2) is 22.4 Å². The molecular formula is C12H17N3O2. The number of rotatable bonds is 4. The minimum absolute atomic E-state index is 0.142. The molecule has 1 amide bonds. The number of amides is 1. The van der Waals surface area contributed by atoms with Gasteiger partial charge in [0.15, 0.2) is 0 Å². The van der Waals surface area contributed by atoms with Crippen LogP contribution in [0.25, 0.3) is 0 Å². The van der Waals surface area contributed by atoms with Gasteiger partial charge in [-0.3, -0.25) is 9.59 Å². The van der Waals surface area contributed by atoms with Crippen LogP contribution in [0.5, 0.6) is 0 Å². The molecule has 92 valence electrons. The third-order valence-corrected chi connectivity index (χ3v) is 2.85. The summed E-state index contributed by atoms with van der Waals surface area (Å²) in [5, 5.41) is 2.70. The number of aryl methyl sites for hydroxylation is 1. The predicted molar refractivity (Wildman–Crippen MR) is 64.2 cm³/mol. The zero-order valence-electron chi connectivity index (χ0n) is 10.2. The fourth-order valence-electron chi connectivity index (χ4n) is 1.75. The number of nitrogens with zero attached hydrogens (tertiary/aromatic N) is 1. The van der Waals surface area contributed by atoms with Gasteiger partial charge in [0.25, 0.3) is 11.5 Å². The second kappa shape index (κ2) is 4.69. The van der Waals surface area contributed by atoms with Crippen molar-refractivity contribution in [2.24, 2.45) is 0 Å². The maximum absolute atomic E-state index is 11.8. The molecule has 1 saturated carbocycles. The fraction of sp³-hybridized carbons (Fsp3) is 0.583. The summed E-state index contributed by atoms with van der Waals surface area (Å²) in [5.41, 5.74) is 0.333. The molecule has 0 radical (unpaired) electrons. The maximum Gasteiger partial charge on any atom is 0.264 e. The number of nitrogens with one attached hydrogen (secondary N) is 2. The molecule has 0 aliphatic heterocycles. The Kier molecular flexibility index (Phi) is 3.26. The second-order valence-corrected chi connectivity index (χ2v) is 4.44. The van der Waals surface area contributed by atoms with Crippen LogP contribution in [0, 0.1) is 6.92 Å². The molecule has 5 nitrogen and oxygen atoms in total. The molecule has 5 heteroatoms. The maximum atomic E-state index is 11.8. The molecule has 1 aliphatic rings. The highest BCUT2D eigenvalue weighted by molar-refractivity contribution is 5.94. The largest absolute Gasteiger partial charge is 0.352 e. The normalized spacial score (nSPS) is 14.7. The van der Waals surface area contributed by atoms with E-state index in [1.807, 2.05) is 6.92 Å². The minimum Gasteiger partial charge on any atom is -0.352 e. The van der Waals surface area contributed by atoms with Crippen molar-refractivity contribution in [1.29, 1.82) is 0 Å². The average Bonchev–Trinajstić information content (AvgIpc) is 3.08. The van der Waals surface area contributed by atoms with Crippen molar-refractivity contribution in [3.63, 3.8) is 0 Å². The lowest BCUT2D eigenvalue weighted by atomic mass is 10.2. The quantitative estimate of drug-likeness (QED) is 0.820. The summed E-state index contributed by atoms with van der Waals surface area (Å²) in [6.45, 7) is 4.25. The van der Waals surface area contributed by atoms with Crippen LogP contribution >= 0.6 is 0 Å². The van der Waals surface area contributed by atoms with Crippen LogP contribution in [0.15, 0.2) is 4.79 Å². The first kappa shape index (κ1) is 11.8. The Morgan fingerprint density at radius 2 is 2.24 bits per heavy atom. The van der Waals surface area contributed by atoms with Gasteiger partial charge in [0.05, 0.1) is 5.69 Å². The molecule has 17 heavy (non-hydrogen) atoms. The number of aromatic amines is 1. The molecule has 2 rings (SSSR count). The Labute approximate surface area is 99.7 Å². The van der Waals surface area contributed by atoms with Gasteiger partial charge in [-0.2, -0.15) is 0 Å². The van der Waals surface area contributed by atoms with E-state index in [0.717, 1.165) is 25.1 Å². The van der Waals surface area contributed by atoms with E-state index >= 15 is 0 Å². The summed E-state index contributed by atoms with van der Waals surface area (Å²) >= 11 is 0. The first-order chi connectivity index (χ1) is 8.13. The molecule has 0 saturated heterocycles. The SMILES string of the molecule is CCCNC(=O)c1c(C)nc(C2CC2)[nH]c1=O. The van der Waals surface area contributed by atoms with E-state index in [1.54, 1.807) is 6.92 Å². The molecule has 1 aromatic rings. The van der Waals surface area contributed by atoms with Gasteiger partial charge in [-0.05, 0) is 26.2 Å². The molecule has 1 aromatic heterocycles. The van der Waals surface area contributed by atoms with E-state index in [0.29, 0.717) is 18.2 Å². The second-order valence-electron chi connectivity index (χ2n) is 4.44. The highest BCUT2D eigenvalue weighted by Crippen LogP contribution is 2.37. The summed E-state index contributed by atoms with van der Waals surface area (Å²) < 4.78 is 0. The van der Waals surface area contributed by atoms with Crippen molar-refractivity contribution in [3.8, 4) is 0 Å². The third kappa shape index (κ3) is 2.54. The van der Waals surface area contributed by atoms with Crippen molar-refractivity contribution < 1.29 is 4.79 Å². The molecule has 2 N–H and O–H groups in total. The van der Waals surface area contributed by atoms with E-state index in [-0.39, 0.29) is 17.0 Å². The number of carbonyl (C=O) groups excluding carboxylic acids is 1. The van der Waals surface area contributed by atoms with Crippen molar-refractivity contribution >= 4 is 5.91 Å². The number of carbonyl (C=O) groups is 1. The first-order valence-corrected chi connectivity index (χ1v) is 6.02. The smallest absolute Gasteiger partial charge is 0.264 e. The topological polar surface area (TPSA) is 74.8 Å². The zero-order chi connectivity index (χ0) is 12.4. The van der Waals surface area contributed by atoms with Crippen LogP contribution < -0.4 is 10.9 Å². The third-order valence-electron chi connectivity index (χ3n) is 2.85. The molecule has 0 aromatic carbocycles. The molecule has 0 atom stereocenters. The summed E-state index contributed by atoms with van der Waals surface area (Å²) in [6, 6.07) is 0. The van der Waals surface area contributed by atoms with Crippen molar-refractivity contribution in [2.45, 2.75) is 39.0 Å². The Bertz CT molecular complexity index is 489. The van der Waals surface area contributed by atoms with Crippen molar-refractivity contribution in [1.82, 2.24) is 15.3 Å². The standard InChI is InChI=1S/C12H17N3O2/c1-3-6-13-11(16)9-7(2)14-10(8-4-5-8)15-12(9)17/h8H,3-6H2,1-2H3,(H,13,16)(H,14,15,17). The Morgan fingerprint density at radius 1 is 1.53 bits per heavy atom. The van der Waals surface area contributed by atoms with Crippen LogP contribution in [-0.2, 0) is 0 Å². The van der Waals surface area contributed by atoms with Crippen LogP contribution in [0.1, 0.15) is 54.0 Å². The molecular weight excluding hydrogens is 218 g/mol. The molecule has 0 unspecified atom stereocenters. The Balaban J connectivity index is 2.28. The molecule has 0 spiro atoms. The van der Waals surface area contributed by atoms with Crippen LogP contribution in [0.4, 0.5) is 0 Å². The monoisotopic (exact) mass is 235 g/mol. The summed E-state index contributed by atoms with van der Waals surface area (Å²) in [5.74, 6) is 0.772. The van der Waals surface area contributed by atoms with E-state index in [1.165, 1.54) is 0 Å². The highest BCUT2D eigenvalue weighted by atomic mass is 16.2. The lowest BCUT2D eigenvalue weighted by Crippen LogP contribution is -2.32. The van der Waals surface area contributed by atoms with Crippen LogP contribution in [0.2, 0.25) is 0 Å². The van der Waals surface area contributed by atoms with Gasteiger partial charge in [0.1, 0.15) is 11.4 Å². The highest BCUT2D eigenvalue weighted by Gasteiger charge is 2.27. The Morgan fingerprint density at radius 3 is 2.76 bits per heavy atom. The molecule has 0 bridgehead atoms. The molecule has 1 fully saturated rings. The number of hydrogen-bond donors (Lipinski definition) is 2. The summed E-state index contributed by atoms with van der Waals surface area (Å²) in [7, 11) is 0. The van der Waals surface area contributed by atoms with Crippen molar-refractivity contribution in [2.75, 3.05) is 6.54 Å². The van der Waals surface area contributed by atoms with Gasteiger partial charge in [-0.25, -0.2) is 4.98 Å². The van der Waals surface area contributed by atoms with Gasteiger partial charge in [0.2, 0.25) is 0 Å². The number of hydrogen-bond acceptors (Lipinski definition) is 3. The van der Waals surface area contributed by atoms with Crippen LogP contribution in [0.3, 0.4) is 0 Å². The zero-order valence-corrected chi connectivity index (χ0v) is 10.2. The number of aromatic nitrogens is 2. The number of H-pyrrole nitrogens is 1. The van der Waals surface area contributed by atoms with Crippen molar-refractivity contribution in [3.05, 3.63) is 27.4 Å². The van der Waals surface area contributed by atoms with Gasteiger partial charge < -0.3 is 10.3 Å². The van der Waals surface area contributed by atoms with E-state index in [2.05, 4.69) is 15.3 Å². The average molecular weight is 235 g/mol. The fourth-order valence-corrected chi connectivity index (χ4v) is 1.75. The first-order valence-electron chi connectivity index (χ1n) is 6.02. The van der Waals surface area contributed by atoms with E-state index < -0.39 is 0 Å². The summed E-state index contributed by atoms with van der Waals surface area (Å²) in [4.78, 5) is 30.6. The van der Waals surface area contributed by atoms with E-state index in [4.69, 9.17) is 0 Å². The van der Waals surface area contributed by atoms with Gasteiger partial charge in [-0.15, -0.1) is 0 Å². The Hall–Kier alpha value is -1.65. The minimum atomic E-state index is -0.333. The lowest BCUT2D eigenvalue weighted by molar-refractivity contribution is 0.0951. The molecule has 1 aliphatic carbocycles. The lowest BCUT2D eigenvalue weighted by Gasteiger charge is -2.06. The van der Waals surface area contributed by atoms with Gasteiger partial charge >= 0.3 is 0 Å². The predicted octanol–water partition coefficient (Wildman–Crippen LogP) is 1.10.